The molecule has 0 saturated carbocycles. The lowest BCUT2D eigenvalue weighted by Crippen LogP contribution is -1.99. The molecule has 0 atom stereocenters. The van der Waals surface area contributed by atoms with Gasteiger partial charge in [-0.25, -0.2) is 0 Å². The first kappa shape index (κ1) is 11.1. The van der Waals surface area contributed by atoms with Gasteiger partial charge in [0.15, 0.2) is 0 Å². The Morgan fingerprint density at radius 1 is 1.00 bits per heavy atom. The smallest absolute Gasteiger partial charge is 0.0836 e. The maximum Gasteiger partial charge on any atom is 0.0836 e. The summed E-state index contributed by atoms with van der Waals surface area (Å²) in [4.78, 5) is 0. The van der Waals surface area contributed by atoms with Crippen molar-refractivity contribution >= 4 is 10.9 Å². The van der Waals surface area contributed by atoms with Crippen LogP contribution in [0.5, 0.6) is 0 Å². The standard InChI is InChI=1S/C16H15NO/c1-12-6-8-14(9-7-12)17-15(11-18)10-13-4-2-3-5-16(13)17/h2-10,18H,11H2,1H3. The number of aliphatic hydroxyl groups is 1. The zero-order valence-electron chi connectivity index (χ0n) is 10.3. The molecule has 2 nitrogen and oxygen atoms in total. The second-order valence-corrected chi connectivity index (χ2v) is 4.52. The molecule has 0 aliphatic carbocycles. The van der Waals surface area contributed by atoms with E-state index >= 15 is 0 Å². The van der Waals surface area contributed by atoms with E-state index in [4.69, 9.17) is 0 Å². The predicted octanol–water partition coefficient (Wildman–Crippen LogP) is 3.43. The summed E-state index contributed by atoms with van der Waals surface area (Å²) in [5, 5.41) is 10.7. The summed E-state index contributed by atoms with van der Waals surface area (Å²) in [5.74, 6) is 0. The number of rotatable bonds is 2. The van der Waals surface area contributed by atoms with Crippen molar-refractivity contribution in [2.75, 3.05) is 0 Å². The highest BCUT2D eigenvalue weighted by molar-refractivity contribution is 5.83. The Balaban J connectivity index is 2.29. The normalized spacial score (nSPS) is 11.0. The molecule has 1 N–H and O–H groups in total. The Kier molecular flexibility index (Phi) is 2.65. The Morgan fingerprint density at radius 3 is 2.44 bits per heavy atom. The third-order valence-electron chi connectivity index (χ3n) is 3.24. The van der Waals surface area contributed by atoms with Gasteiger partial charge in [0.1, 0.15) is 0 Å². The molecule has 3 rings (SSSR count). The number of hydrogen-bond acceptors (Lipinski definition) is 1. The van der Waals surface area contributed by atoms with Crippen LogP contribution in [-0.2, 0) is 6.61 Å². The molecule has 0 bridgehead atoms. The van der Waals surface area contributed by atoms with Gasteiger partial charge in [-0.15, -0.1) is 0 Å². The number of aryl methyl sites for hydroxylation is 1. The number of para-hydroxylation sites is 1. The molecule has 0 spiro atoms. The van der Waals surface area contributed by atoms with Gasteiger partial charge in [0.2, 0.25) is 0 Å². The molecule has 0 fully saturated rings. The van der Waals surface area contributed by atoms with Crippen LogP contribution in [-0.4, -0.2) is 9.67 Å². The lowest BCUT2D eigenvalue weighted by atomic mass is 10.2. The van der Waals surface area contributed by atoms with Crippen LogP contribution >= 0.6 is 0 Å². The predicted molar refractivity (Wildman–Crippen MR) is 73.9 cm³/mol. The van der Waals surface area contributed by atoms with Crippen LogP contribution in [0.25, 0.3) is 16.6 Å². The third-order valence-corrected chi connectivity index (χ3v) is 3.24. The van der Waals surface area contributed by atoms with E-state index in [9.17, 15) is 5.11 Å². The first-order valence-corrected chi connectivity index (χ1v) is 6.07. The van der Waals surface area contributed by atoms with Gasteiger partial charge in [0.05, 0.1) is 12.1 Å². The Labute approximate surface area is 106 Å². The van der Waals surface area contributed by atoms with Crippen molar-refractivity contribution in [3.63, 3.8) is 0 Å². The van der Waals surface area contributed by atoms with Gasteiger partial charge in [-0.05, 0) is 31.2 Å². The molecule has 3 aromatic rings. The molecular formula is C16H15NO. The summed E-state index contributed by atoms with van der Waals surface area (Å²) >= 11 is 0. The van der Waals surface area contributed by atoms with Crippen LogP contribution in [0, 0.1) is 6.92 Å². The summed E-state index contributed by atoms with van der Waals surface area (Å²) in [6, 6.07) is 18.6. The molecule has 2 heteroatoms. The van der Waals surface area contributed by atoms with Gasteiger partial charge >= 0.3 is 0 Å². The zero-order valence-corrected chi connectivity index (χ0v) is 10.3. The van der Waals surface area contributed by atoms with Gasteiger partial charge in [-0.3, -0.25) is 0 Å². The molecule has 0 saturated heterocycles. The van der Waals surface area contributed by atoms with Crippen molar-refractivity contribution in [1.82, 2.24) is 4.57 Å². The average Bonchev–Trinajstić information content (AvgIpc) is 2.78. The van der Waals surface area contributed by atoms with E-state index in [0.29, 0.717) is 0 Å². The van der Waals surface area contributed by atoms with Crippen molar-refractivity contribution in [1.29, 1.82) is 0 Å². The van der Waals surface area contributed by atoms with E-state index in [-0.39, 0.29) is 6.61 Å². The molecule has 1 heterocycles. The molecule has 0 amide bonds. The fourth-order valence-electron chi connectivity index (χ4n) is 2.33. The van der Waals surface area contributed by atoms with Crippen molar-refractivity contribution in [3.8, 4) is 5.69 Å². The Bertz CT molecular complexity index is 680. The molecule has 1 aromatic heterocycles. The number of aliphatic hydroxyl groups excluding tert-OH is 1. The van der Waals surface area contributed by atoms with E-state index in [1.165, 1.54) is 5.56 Å². The monoisotopic (exact) mass is 237 g/mol. The maximum atomic E-state index is 9.51. The Hall–Kier alpha value is -2.06. The molecule has 0 aliphatic heterocycles. The first-order valence-electron chi connectivity index (χ1n) is 6.07. The molecule has 0 aliphatic rings. The van der Waals surface area contributed by atoms with Crippen LogP contribution in [0.2, 0.25) is 0 Å². The van der Waals surface area contributed by atoms with Gasteiger partial charge in [0.25, 0.3) is 0 Å². The fourth-order valence-corrected chi connectivity index (χ4v) is 2.33. The SMILES string of the molecule is Cc1ccc(-n2c(CO)cc3ccccc32)cc1. The minimum absolute atomic E-state index is 0.0442. The van der Waals surface area contributed by atoms with Gasteiger partial charge in [-0.1, -0.05) is 35.9 Å². The lowest BCUT2D eigenvalue weighted by molar-refractivity contribution is 0.275. The number of hydrogen-bond donors (Lipinski definition) is 1. The summed E-state index contributed by atoms with van der Waals surface area (Å²) in [7, 11) is 0. The molecule has 90 valence electrons. The van der Waals surface area contributed by atoms with Crippen LogP contribution in [0.15, 0.2) is 54.6 Å². The van der Waals surface area contributed by atoms with Crippen molar-refractivity contribution < 1.29 is 5.11 Å². The van der Waals surface area contributed by atoms with E-state index in [0.717, 1.165) is 22.3 Å². The number of nitrogens with zero attached hydrogens (tertiary/aromatic N) is 1. The Morgan fingerprint density at radius 2 is 1.72 bits per heavy atom. The summed E-state index contributed by atoms with van der Waals surface area (Å²) in [6.07, 6.45) is 0. The maximum absolute atomic E-state index is 9.51. The quantitative estimate of drug-likeness (QED) is 0.725. The van der Waals surface area contributed by atoms with Crippen LogP contribution in [0.1, 0.15) is 11.3 Å². The van der Waals surface area contributed by atoms with Gasteiger partial charge in [-0.2, -0.15) is 0 Å². The van der Waals surface area contributed by atoms with Crippen LogP contribution in [0.4, 0.5) is 0 Å². The number of benzene rings is 2. The van der Waals surface area contributed by atoms with Crippen LogP contribution in [0.3, 0.4) is 0 Å². The highest BCUT2D eigenvalue weighted by atomic mass is 16.3. The highest BCUT2D eigenvalue weighted by Crippen LogP contribution is 2.24. The number of aromatic nitrogens is 1. The largest absolute Gasteiger partial charge is 0.390 e. The van der Waals surface area contributed by atoms with Gasteiger partial charge < -0.3 is 9.67 Å². The summed E-state index contributed by atoms with van der Waals surface area (Å²) in [6.45, 7) is 2.12. The second-order valence-electron chi connectivity index (χ2n) is 4.52. The van der Waals surface area contributed by atoms with Crippen molar-refractivity contribution in [3.05, 3.63) is 65.9 Å². The van der Waals surface area contributed by atoms with Crippen molar-refractivity contribution in [2.45, 2.75) is 13.5 Å². The molecule has 0 unspecified atom stereocenters. The zero-order chi connectivity index (χ0) is 12.5. The minimum Gasteiger partial charge on any atom is -0.390 e. The van der Waals surface area contributed by atoms with Crippen LogP contribution < -0.4 is 0 Å². The molecule has 2 aromatic carbocycles. The molecule has 18 heavy (non-hydrogen) atoms. The first-order chi connectivity index (χ1) is 8.79. The van der Waals surface area contributed by atoms with E-state index in [1.807, 2.05) is 18.2 Å². The molecule has 0 radical (unpaired) electrons. The molecular weight excluding hydrogens is 222 g/mol. The van der Waals surface area contributed by atoms with Crippen molar-refractivity contribution in [2.24, 2.45) is 0 Å². The second kappa shape index (κ2) is 4.31. The third kappa shape index (κ3) is 1.71. The topological polar surface area (TPSA) is 25.2 Å². The number of fused-ring (bicyclic) bond motifs is 1. The van der Waals surface area contributed by atoms with E-state index in [2.05, 4.69) is 47.9 Å². The highest BCUT2D eigenvalue weighted by Gasteiger charge is 2.08. The minimum atomic E-state index is 0.0442. The van der Waals surface area contributed by atoms with Gasteiger partial charge in [0, 0.05) is 16.8 Å². The van der Waals surface area contributed by atoms with E-state index < -0.39 is 0 Å². The fraction of sp³-hybridized carbons (Fsp3) is 0.125. The summed E-state index contributed by atoms with van der Waals surface area (Å²) < 4.78 is 2.11. The average molecular weight is 237 g/mol. The summed E-state index contributed by atoms with van der Waals surface area (Å²) in [5.41, 5.74) is 4.37. The lowest BCUT2D eigenvalue weighted by Gasteiger charge is -2.09. The van der Waals surface area contributed by atoms with E-state index in [1.54, 1.807) is 0 Å².